The summed E-state index contributed by atoms with van der Waals surface area (Å²) in [6.45, 7) is 2.79. The molecule has 4 nitrogen and oxygen atoms in total. The van der Waals surface area contributed by atoms with Crippen LogP contribution in [0.15, 0.2) is 91.0 Å². The monoisotopic (exact) mass is 414 g/mol. The Labute approximate surface area is 184 Å². The van der Waals surface area contributed by atoms with Crippen molar-refractivity contribution in [2.75, 3.05) is 6.54 Å². The Kier molecular flexibility index (Phi) is 8.41. The predicted molar refractivity (Wildman–Crippen MR) is 124 cm³/mol. The lowest BCUT2D eigenvalue weighted by Crippen LogP contribution is -2.50. The quantitative estimate of drug-likeness (QED) is 0.535. The van der Waals surface area contributed by atoms with Gasteiger partial charge in [-0.05, 0) is 23.1 Å². The maximum atomic E-state index is 13.3. The van der Waals surface area contributed by atoms with E-state index >= 15 is 0 Å². The third-order valence-corrected chi connectivity index (χ3v) is 5.33. The van der Waals surface area contributed by atoms with Crippen LogP contribution in [0.2, 0.25) is 0 Å². The minimum atomic E-state index is -0.564. The molecule has 4 heteroatoms. The van der Waals surface area contributed by atoms with Gasteiger partial charge in [-0.1, -0.05) is 97.9 Å². The van der Waals surface area contributed by atoms with E-state index in [2.05, 4.69) is 17.4 Å². The third kappa shape index (κ3) is 6.82. The molecule has 0 fully saturated rings. The van der Waals surface area contributed by atoms with Gasteiger partial charge in [0.25, 0.3) is 0 Å². The molecule has 0 saturated carbocycles. The summed E-state index contributed by atoms with van der Waals surface area (Å²) < 4.78 is 0. The zero-order valence-electron chi connectivity index (χ0n) is 18.0. The van der Waals surface area contributed by atoms with E-state index in [1.54, 1.807) is 4.90 Å². The lowest BCUT2D eigenvalue weighted by molar-refractivity contribution is -0.141. The van der Waals surface area contributed by atoms with Gasteiger partial charge in [0, 0.05) is 25.9 Å². The van der Waals surface area contributed by atoms with Crippen LogP contribution in [0.1, 0.15) is 30.0 Å². The van der Waals surface area contributed by atoms with Gasteiger partial charge in [-0.15, -0.1) is 0 Å². The molecule has 3 aromatic rings. The molecular weight excluding hydrogens is 384 g/mol. The van der Waals surface area contributed by atoms with Crippen LogP contribution in [0.25, 0.3) is 0 Å². The first-order chi connectivity index (χ1) is 15.2. The Morgan fingerprint density at radius 2 is 1.29 bits per heavy atom. The molecule has 0 aliphatic carbocycles. The number of carbonyl (C=O) groups excluding carboxylic acids is 2. The number of amides is 2. The van der Waals surface area contributed by atoms with Crippen molar-refractivity contribution in [3.8, 4) is 0 Å². The van der Waals surface area contributed by atoms with Gasteiger partial charge in [-0.25, -0.2) is 0 Å². The van der Waals surface area contributed by atoms with E-state index < -0.39 is 6.04 Å². The highest BCUT2D eigenvalue weighted by molar-refractivity contribution is 5.88. The summed E-state index contributed by atoms with van der Waals surface area (Å²) >= 11 is 0. The second kappa shape index (κ2) is 11.7. The van der Waals surface area contributed by atoms with Crippen LogP contribution >= 0.6 is 0 Å². The number of hydrogen-bond acceptors (Lipinski definition) is 2. The van der Waals surface area contributed by atoms with Crippen LogP contribution in [-0.2, 0) is 29.0 Å². The molecule has 31 heavy (non-hydrogen) atoms. The van der Waals surface area contributed by atoms with Crippen molar-refractivity contribution in [2.24, 2.45) is 0 Å². The molecule has 1 unspecified atom stereocenters. The zero-order chi connectivity index (χ0) is 21.9. The van der Waals surface area contributed by atoms with E-state index in [4.69, 9.17) is 0 Å². The van der Waals surface area contributed by atoms with Crippen molar-refractivity contribution < 1.29 is 9.59 Å². The minimum absolute atomic E-state index is 0.0250. The largest absolute Gasteiger partial charge is 0.354 e. The molecule has 0 saturated heterocycles. The second-order valence-corrected chi connectivity index (χ2v) is 7.59. The second-order valence-electron chi connectivity index (χ2n) is 7.59. The Morgan fingerprint density at radius 1 is 0.774 bits per heavy atom. The third-order valence-electron chi connectivity index (χ3n) is 5.33. The Bertz CT molecular complexity index is 943. The zero-order valence-corrected chi connectivity index (χ0v) is 18.0. The minimum Gasteiger partial charge on any atom is -0.354 e. The van der Waals surface area contributed by atoms with Gasteiger partial charge in [0.2, 0.25) is 11.8 Å². The fourth-order valence-electron chi connectivity index (χ4n) is 3.63. The molecule has 1 atom stereocenters. The summed E-state index contributed by atoms with van der Waals surface area (Å²) in [5.41, 5.74) is 3.22. The number of nitrogens with zero attached hydrogens (tertiary/aromatic N) is 1. The van der Waals surface area contributed by atoms with Crippen molar-refractivity contribution in [1.82, 2.24) is 10.2 Å². The fraction of sp³-hybridized carbons (Fsp3) is 0.259. The van der Waals surface area contributed by atoms with E-state index in [0.717, 1.165) is 17.5 Å². The average molecular weight is 415 g/mol. The number of rotatable bonds is 10. The van der Waals surface area contributed by atoms with Crippen molar-refractivity contribution in [2.45, 2.75) is 38.8 Å². The molecule has 3 aromatic carbocycles. The first-order valence-corrected chi connectivity index (χ1v) is 10.9. The molecule has 0 aliphatic rings. The van der Waals surface area contributed by atoms with Crippen LogP contribution in [0.3, 0.4) is 0 Å². The molecule has 0 spiro atoms. The smallest absolute Gasteiger partial charge is 0.243 e. The van der Waals surface area contributed by atoms with E-state index in [0.29, 0.717) is 25.9 Å². The molecule has 0 bridgehead atoms. The standard InChI is InChI=1S/C27H30N2O2/c1-2-26(30)29(21-24-16-10-5-11-17-24)25(20-23-14-8-4-9-15-23)27(31)28-19-18-22-12-6-3-7-13-22/h3-17,25H,2,18-21H2,1H3,(H,28,31). The Morgan fingerprint density at radius 3 is 1.84 bits per heavy atom. The first-order valence-electron chi connectivity index (χ1n) is 10.9. The Hall–Kier alpha value is -3.40. The summed E-state index contributed by atoms with van der Waals surface area (Å²) in [5.74, 6) is -0.138. The van der Waals surface area contributed by atoms with Crippen molar-refractivity contribution in [3.05, 3.63) is 108 Å². The first kappa shape index (κ1) is 22.3. The van der Waals surface area contributed by atoms with Gasteiger partial charge < -0.3 is 10.2 Å². The summed E-state index contributed by atoms with van der Waals surface area (Å²) in [6.07, 6.45) is 1.59. The van der Waals surface area contributed by atoms with Gasteiger partial charge in [0.1, 0.15) is 6.04 Å². The van der Waals surface area contributed by atoms with E-state index in [1.165, 1.54) is 5.56 Å². The van der Waals surface area contributed by atoms with Crippen LogP contribution in [0, 0.1) is 0 Å². The normalized spacial score (nSPS) is 11.5. The maximum Gasteiger partial charge on any atom is 0.243 e. The summed E-state index contributed by atoms with van der Waals surface area (Å²) in [7, 11) is 0. The van der Waals surface area contributed by atoms with Gasteiger partial charge in [-0.2, -0.15) is 0 Å². The van der Waals surface area contributed by atoms with Gasteiger partial charge >= 0.3 is 0 Å². The molecule has 0 heterocycles. The average Bonchev–Trinajstić information content (AvgIpc) is 2.82. The van der Waals surface area contributed by atoms with Crippen LogP contribution in [0.5, 0.6) is 0 Å². The van der Waals surface area contributed by atoms with Crippen LogP contribution in [0.4, 0.5) is 0 Å². The van der Waals surface area contributed by atoms with Crippen molar-refractivity contribution in [3.63, 3.8) is 0 Å². The summed E-state index contributed by atoms with van der Waals surface area (Å²) in [4.78, 5) is 27.9. The highest BCUT2D eigenvalue weighted by Gasteiger charge is 2.29. The molecule has 3 rings (SSSR count). The molecule has 0 radical (unpaired) electrons. The number of benzene rings is 3. The number of hydrogen-bond donors (Lipinski definition) is 1. The van der Waals surface area contributed by atoms with E-state index in [9.17, 15) is 9.59 Å². The van der Waals surface area contributed by atoms with Crippen molar-refractivity contribution >= 4 is 11.8 Å². The van der Waals surface area contributed by atoms with E-state index in [-0.39, 0.29) is 11.8 Å². The van der Waals surface area contributed by atoms with E-state index in [1.807, 2.05) is 85.8 Å². The fourth-order valence-corrected chi connectivity index (χ4v) is 3.63. The topological polar surface area (TPSA) is 49.4 Å². The molecule has 160 valence electrons. The highest BCUT2D eigenvalue weighted by atomic mass is 16.2. The summed E-state index contributed by atoms with van der Waals surface area (Å²) in [5, 5.41) is 3.06. The maximum absolute atomic E-state index is 13.3. The SMILES string of the molecule is CCC(=O)N(Cc1ccccc1)C(Cc1ccccc1)C(=O)NCCc1ccccc1. The molecule has 1 N–H and O–H groups in total. The van der Waals surface area contributed by atoms with Crippen molar-refractivity contribution in [1.29, 1.82) is 0 Å². The number of carbonyl (C=O) groups is 2. The molecule has 0 aromatic heterocycles. The van der Waals surface area contributed by atoms with Crippen LogP contribution in [-0.4, -0.2) is 29.3 Å². The lowest BCUT2D eigenvalue weighted by Gasteiger charge is -2.31. The molecule has 0 aliphatic heterocycles. The summed E-state index contributed by atoms with van der Waals surface area (Å²) in [6, 6.07) is 29.2. The molecule has 2 amide bonds. The lowest BCUT2D eigenvalue weighted by atomic mass is 10.0. The molecular formula is C27H30N2O2. The van der Waals surface area contributed by atoms with Gasteiger partial charge in [-0.3, -0.25) is 9.59 Å². The number of nitrogens with one attached hydrogen (secondary N) is 1. The highest BCUT2D eigenvalue weighted by Crippen LogP contribution is 2.15. The van der Waals surface area contributed by atoms with Crippen LogP contribution < -0.4 is 5.32 Å². The van der Waals surface area contributed by atoms with Gasteiger partial charge in [0.05, 0.1) is 0 Å². The van der Waals surface area contributed by atoms with Gasteiger partial charge in [0.15, 0.2) is 0 Å². The Balaban J connectivity index is 1.78. The predicted octanol–water partition coefficient (Wildman–Crippen LogP) is 4.40.